The fourth-order valence-electron chi connectivity index (χ4n) is 4.59. The average molecular weight is 454 g/mol. The van der Waals surface area contributed by atoms with Gasteiger partial charge in [-0.2, -0.15) is 0 Å². The summed E-state index contributed by atoms with van der Waals surface area (Å²) in [6, 6.07) is 3.78. The van der Waals surface area contributed by atoms with Crippen molar-refractivity contribution >= 4 is 33.1 Å². The summed E-state index contributed by atoms with van der Waals surface area (Å²) in [7, 11) is 0. The first-order chi connectivity index (χ1) is 15.5. The second-order valence-electron chi connectivity index (χ2n) is 8.45. The van der Waals surface area contributed by atoms with Crippen molar-refractivity contribution in [2.45, 2.75) is 65.0 Å². The normalized spacial score (nSPS) is 17.0. The van der Waals surface area contributed by atoms with Crippen molar-refractivity contribution in [2.24, 2.45) is 0 Å². The van der Waals surface area contributed by atoms with Crippen molar-refractivity contribution < 1.29 is 14.3 Å². The number of ether oxygens (including phenoxy) is 2. The fourth-order valence-corrected chi connectivity index (χ4v) is 5.81. The van der Waals surface area contributed by atoms with Crippen LogP contribution in [0.25, 0.3) is 10.2 Å². The van der Waals surface area contributed by atoms with Gasteiger partial charge in [0.25, 0.3) is 5.56 Å². The smallest absolute Gasteiger partial charge is 0.262 e. The van der Waals surface area contributed by atoms with Gasteiger partial charge >= 0.3 is 0 Å². The Morgan fingerprint density at radius 2 is 2.19 bits per heavy atom. The Balaban J connectivity index is 1.33. The van der Waals surface area contributed by atoms with Crippen LogP contribution >= 0.6 is 11.3 Å². The van der Waals surface area contributed by atoms with Crippen LogP contribution in [0.2, 0.25) is 0 Å². The van der Waals surface area contributed by atoms with E-state index in [9.17, 15) is 9.59 Å². The van der Waals surface area contributed by atoms with Crippen LogP contribution in [-0.2, 0) is 30.6 Å². The largest absolute Gasteiger partial charge is 0.492 e. The van der Waals surface area contributed by atoms with Gasteiger partial charge in [0.15, 0.2) is 0 Å². The third-order valence-corrected chi connectivity index (χ3v) is 7.29. The Kier molecular flexibility index (Phi) is 5.63. The minimum Gasteiger partial charge on any atom is -0.492 e. The third-order valence-electron chi connectivity index (χ3n) is 6.09. The predicted octanol–water partition coefficient (Wildman–Crippen LogP) is 4.09. The molecule has 0 radical (unpaired) electrons. The summed E-state index contributed by atoms with van der Waals surface area (Å²) in [4.78, 5) is 32.4. The van der Waals surface area contributed by atoms with E-state index in [4.69, 9.17) is 9.47 Å². The van der Waals surface area contributed by atoms with Crippen molar-refractivity contribution in [3.8, 4) is 11.5 Å². The standard InChI is InChI=1S/C24H27N3O4S/c1-3-30-19-11-15-10-14(2)31-18(15)12-17(19)26-21(28)8-9-27-13-25-23-22(24(27)29)16-6-4-5-7-20(16)32-23/h11-14H,3-10H2,1-2H3,(H,26,28)/t14-/m0/s1. The molecule has 8 heteroatoms. The van der Waals surface area contributed by atoms with Crippen LogP contribution in [0.1, 0.15) is 49.1 Å². The first-order valence-electron chi connectivity index (χ1n) is 11.3. The van der Waals surface area contributed by atoms with Gasteiger partial charge in [0.05, 0.1) is 24.0 Å². The van der Waals surface area contributed by atoms with E-state index >= 15 is 0 Å². The van der Waals surface area contributed by atoms with Crippen molar-refractivity contribution in [3.63, 3.8) is 0 Å². The molecular weight excluding hydrogens is 426 g/mol. The van der Waals surface area contributed by atoms with E-state index in [-0.39, 0.29) is 30.5 Å². The van der Waals surface area contributed by atoms with Gasteiger partial charge in [0.1, 0.15) is 22.4 Å². The second kappa shape index (κ2) is 8.58. The van der Waals surface area contributed by atoms with Gasteiger partial charge < -0.3 is 14.8 Å². The number of rotatable bonds is 6. The van der Waals surface area contributed by atoms with E-state index in [0.29, 0.717) is 18.0 Å². The van der Waals surface area contributed by atoms with Crippen molar-refractivity contribution in [1.82, 2.24) is 9.55 Å². The summed E-state index contributed by atoms with van der Waals surface area (Å²) in [5.41, 5.74) is 2.81. The van der Waals surface area contributed by atoms with Crippen molar-refractivity contribution in [1.29, 1.82) is 0 Å². The summed E-state index contributed by atoms with van der Waals surface area (Å²) >= 11 is 1.64. The minimum absolute atomic E-state index is 0.0443. The topological polar surface area (TPSA) is 82.5 Å². The molecule has 7 nitrogen and oxygen atoms in total. The van der Waals surface area contributed by atoms with E-state index < -0.39 is 0 Å². The quantitative estimate of drug-likeness (QED) is 0.608. The van der Waals surface area contributed by atoms with E-state index in [2.05, 4.69) is 10.3 Å². The van der Waals surface area contributed by atoms with Gasteiger partial charge in [0, 0.05) is 35.9 Å². The van der Waals surface area contributed by atoms with Crippen molar-refractivity contribution in [3.05, 3.63) is 44.8 Å². The molecule has 1 aromatic carbocycles. The first-order valence-corrected chi connectivity index (χ1v) is 12.1. The zero-order valence-electron chi connectivity index (χ0n) is 18.4. The number of hydrogen-bond donors (Lipinski definition) is 1. The van der Waals surface area contributed by atoms with Crippen LogP contribution in [0.15, 0.2) is 23.3 Å². The highest BCUT2D eigenvalue weighted by Gasteiger charge is 2.23. The lowest BCUT2D eigenvalue weighted by Crippen LogP contribution is -2.24. The van der Waals surface area contributed by atoms with Gasteiger partial charge in [-0.1, -0.05) is 0 Å². The molecule has 5 rings (SSSR count). The molecule has 0 unspecified atom stereocenters. The van der Waals surface area contributed by atoms with E-state index in [1.807, 2.05) is 26.0 Å². The lowest BCUT2D eigenvalue weighted by Gasteiger charge is -2.14. The number of thiophene rings is 1. The Bertz CT molecular complexity index is 1250. The molecule has 2 aliphatic rings. The molecule has 3 aromatic rings. The van der Waals surface area contributed by atoms with E-state index in [1.165, 1.54) is 16.9 Å². The molecule has 1 N–H and O–H groups in total. The van der Waals surface area contributed by atoms with Gasteiger partial charge in [-0.25, -0.2) is 4.98 Å². The van der Waals surface area contributed by atoms with Gasteiger partial charge in [0.2, 0.25) is 5.91 Å². The molecule has 0 fully saturated rings. The molecular formula is C24H27N3O4S. The highest BCUT2D eigenvalue weighted by atomic mass is 32.1. The molecule has 32 heavy (non-hydrogen) atoms. The van der Waals surface area contributed by atoms with Gasteiger partial charge in [-0.05, 0) is 51.2 Å². The molecule has 0 bridgehead atoms. The number of hydrogen-bond acceptors (Lipinski definition) is 6. The molecule has 0 saturated heterocycles. The molecule has 3 heterocycles. The van der Waals surface area contributed by atoms with Crippen molar-refractivity contribution in [2.75, 3.05) is 11.9 Å². The molecule has 0 saturated carbocycles. The predicted molar refractivity (Wildman–Crippen MR) is 125 cm³/mol. The zero-order valence-corrected chi connectivity index (χ0v) is 19.2. The number of carbonyl (C=O) groups is 1. The van der Waals surface area contributed by atoms with Crippen LogP contribution in [0.4, 0.5) is 5.69 Å². The SMILES string of the molecule is CCOc1cc2c(cc1NC(=O)CCn1cnc3sc4c(c3c1=O)CCCC4)O[C@@H](C)C2. The van der Waals surface area contributed by atoms with Gasteiger partial charge in [-0.15, -0.1) is 11.3 Å². The van der Waals surface area contributed by atoms with Crippen LogP contribution in [0, 0.1) is 0 Å². The maximum Gasteiger partial charge on any atom is 0.262 e. The number of amides is 1. The van der Waals surface area contributed by atoms with Crippen LogP contribution in [0.5, 0.6) is 11.5 Å². The van der Waals surface area contributed by atoms with E-state index in [0.717, 1.165) is 47.2 Å². The number of carbonyl (C=O) groups excluding carboxylic acids is 1. The van der Waals surface area contributed by atoms with Gasteiger partial charge in [-0.3, -0.25) is 14.2 Å². The summed E-state index contributed by atoms with van der Waals surface area (Å²) in [5.74, 6) is 1.24. The zero-order chi connectivity index (χ0) is 22.2. The van der Waals surface area contributed by atoms with Crippen LogP contribution in [0.3, 0.4) is 0 Å². The average Bonchev–Trinajstić information content (AvgIpc) is 3.33. The highest BCUT2D eigenvalue weighted by molar-refractivity contribution is 7.18. The number of nitrogens with one attached hydrogen (secondary N) is 1. The Morgan fingerprint density at radius 1 is 1.34 bits per heavy atom. The maximum absolute atomic E-state index is 13.1. The van der Waals surface area contributed by atoms with E-state index in [1.54, 1.807) is 22.2 Å². The Hall–Kier alpha value is -2.87. The summed E-state index contributed by atoms with van der Waals surface area (Å²) in [6.07, 6.45) is 6.93. The fraction of sp³-hybridized carbons (Fsp3) is 0.458. The third kappa shape index (κ3) is 3.88. The summed E-state index contributed by atoms with van der Waals surface area (Å²) < 4.78 is 13.1. The van der Waals surface area contributed by atoms with Crippen LogP contribution in [-0.4, -0.2) is 28.2 Å². The summed E-state index contributed by atoms with van der Waals surface area (Å²) in [5, 5.41) is 3.68. The molecule has 168 valence electrons. The highest BCUT2D eigenvalue weighted by Crippen LogP contribution is 2.38. The number of nitrogens with zero attached hydrogens (tertiary/aromatic N) is 2. The molecule has 1 amide bonds. The number of aromatic nitrogens is 2. The lowest BCUT2D eigenvalue weighted by molar-refractivity contribution is -0.116. The monoisotopic (exact) mass is 453 g/mol. The van der Waals surface area contributed by atoms with Crippen LogP contribution < -0.4 is 20.3 Å². The minimum atomic E-state index is -0.184. The second-order valence-corrected chi connectivity index (χ2v) is 9.54. The Morgan fingerprint density at radius 3 is 3.03 bits per heavy atom. The number of aryl methyl sites for hydroxylation is 3. The number of benzene rings is 1. The lowest BCUT2D eigenvalue weighted by atomic mass is 9.97. The number of fused-ring (bicyclic) bond motifs is 4. The molecule has 2 aromatic heterocycles. The first kappa shape index (κ1) is 21.0. The molecule has 1 aliphatic carbocycles. The summed E-state index contributed by atoms with van der Waals surface area (Å²) in [6.45, 7) is 4.72. The molecule has 1 atom stereocenters. The Labute approximate surface area is 190 Å². The molecule has 1 aliphatic heterocycles. The maximum atomic E-state index is 13.1. The number of anilines is 1. The molecule has 0 spiro atoms.